The fourth-order valence-electron chi connectivity index (χ4n) is 7.46. The summed E-state index contributed by atoms with van der Waals surface area (Å²) in [6.07, 6.45) is 15.3. The Balaban J connectivity index is 0.994. The standard InChI is InChI=1S/C47H38S2/c1-3-5-6-7-9-30-10-13-32-18-37-21-35-17-31(11-14-33(35)19-36(37)20-34(32)16-30)12-15-45-27-43-25-39-23-40-28-46-42(26-44(48-46)8-4-2)24-38(40)22-41(39)29-47(43)49-45/h4,8,10-29H,3,5-7,9H2,1-2H3/b8-4+,15-12+. The zero-order chi connectivity index (χ0) is 32.9. The first-order chi connectivity index (χ1) is 24.1. The van der Waals surface area contributed by atoms with Crippen LogP contribution in [0, 0.1) is 0 Å². The molecule has 2 aromatic heterocycles. The summed E-state index contributed by atoms with van der Waals surface area (Å²) in [7, 11) is 0. The molecular formula is C47H38S2. The fraction of sp³-hybridized carbons (Fsp3) is 0.149. The van der Waals surface area contributed by atoms with E-state index in [-0.39, 0.29) is 0 Å². The summed E-state index contributed by atoms with van der Waals surface area (Å²) >= 11 is 3.73. The molecule has 0 saturated heterocycles. The molecule has 7 aromatic carbocycles. The summed E-state index contributed by atoms with van der Waals surface area (Å²) in [5.74, 6) is 0. The van der Waals surface area contributed by atoms with Gasteiger partial charge in [-0.3, -0.25) is 0 Å². The van der Waals surface area contributed by atoms with Crippen molar-refractivity contribution in [3.05, 3.63) is 136 Å². The molecule has 0 N–H and O–H groups in total. The predicted molar refractivity (Wildman–Crippen MR) is 223 cm³/mol. The molecule has 0 aliphatic heterocycles. The van der Waals surface area contributed by atoms with Crippen LogP contribution in [-0.4, -0.2) is 0 Å². The van der Waals surface area contributed by atoms with Gasteiger partial charge in [-0.05, 0) is 187 Å². The van der Waals surface area contributed by atoms with E-state index in [4.69, 9.17) is 0 Å². The van der Waals surface area contributed by atoms with Gasteiger partial charge in [0.25, 0.3) is 0 Å². The van der Waals surface area contributed by atoms with E-state index in [1.165, 1.54) is 127 Å². The Morgan fingerprint density at radius 3 is 1.55 bits per heavy atom. The molecule has 238 valence electrons. The Labute approximate surface area is 295 Å². The van der Waals surface area contributed by atoms with Crippen LogP contribution in [0.15, 0.2) is 115 Å². The third kappa shape index (κ3) is 5.94. The lowest BCUT2D eigenvalue weighted by Crippen LogP contribution is -1.87. The Kier molecular flexibility index (Phi) is 7.80. The van der Waals surface area contributed by atoms with E-state index in [1.807, 2.05) is 22.7 Å². The van der Waals surface area contributed by atoms with E-state index >= 15 is 0 Å². The summed E-state index contributed by atoms with van der Waals surface area (Å²) in [5, 5.41) is 15.7. The quantitative estimate of drug-likeness (QED) is 0.112. The molecule has 0 spiro atoms. The second-order valence-corrected chi connectivity index (χ2v) is 15.8. The van der Waals surface area contributed by atoms with Gasteiger partial charge in [0.1, 0.15) is 0 Å². The number of aryl methyl sites for hydroxylation is 1. The lowest BCUT2D eigenvalue weighted by molar-refractivity contribution is 0.667. The molecule has 0 bridgehead atoms. The Morgan fingerprint density at radius 2 is 0.939 bits per heavy atom. The van der Waals surface area contributed by atoms with E-state index in [0.717, 1.165) is 0 Å². The van der Waals surface area contributed by atoms with Crippen molar-refractivity contribution in [3.8, 4) is 0 Å². The maximum absolute atomic E-state index is 2.40. The second kappa shape index (κ2) is 12.6. The number of hydrogen-bond donors (Lipinski definition) is 0. The minimum atomic E-state index is 1.18. The average molecular weight is 667 g/mol. The number of unbranched alkanes of at least 4 members (excludes halogenated alkanes) is 3. The molecule has 0 fully saturated rings. The fourth-order valence-corrected chi connectivity index (χ4v) is 9.52. The van der Waals surface area contributed by atoms with Crippen LogP contribution in [0.25, 0.3) is 92.3 Å². The predicted octanol–water partition coefficient (Wildman–Crippen LogP) is 15.2. The van der Waals surface area contributed by atoms with Crippen LogP contribution in [0.2, 0.25) is 0 Å². The molecule has 0 aliphatic carbocycles. The number of thiophene rings is 2. The Morgan fingerprint density at radius 1 is 0.429 bits per heavy atom. The highest BCUT2D eigenvalue weighted by molar-refractivity contribution is 7.20. The summed E-state index contributed by atoms with van der Waals surface area (Å²) in [6, 6.07) is 42.1. The summed E-state index contributed by atoms with van der Waals surface area (Å²) < 4.78 is 2.68. The highest BCUT2D eigenvalue weighted by Gasteiger charge is 2.08. The van der Waals surface area contributed by atoms with Crippen molar-refractivity contribution in [2.75, 3.05) is 0 Å². The highest BCUT2D eigenvalue weighted by atomic mass is 32.1. The van der Waals surface area contributed by atoms with Crippen molar-refractivity contribution < 1.29 is 0 Å². The van der Waals surface area contributed by atoms with Crippen LogP contribution in [-0.2, 0) is 6.42 Å². The van der Waals surface area contributed by atoms with Crippen LogP contribution < -0.4 is 0 Å². The maximum Gasteiger partial charge on any atom is 0.0355 e. The van der Waals surface area contributed by atoms with Crippen molar-refractivity contribution in [2.24, 2.45) is 0 Å². The van der Waals surface area contributed by atoms with Crippen LogP contribution in [0.3, 0.4) is 0 Å². The number of benzene rings is 7. The lowest BCUT2D eigenvalue weighted by Gasteiger charge is -2.08. The van der Waals surface area contributed by atoms with Crippen molar-refractivity contribution >= 4 is 115 Å². The molecule has 9 aromatic rings. The van der Waals surface area contributed by atoms with Crippen molar-refractivity contribution in [1.29, 1.82) is 0 Å². The first-order valence-electron chi connectivity index (χ1n) is 17.6. The van der Waals surface area contributed by atoms with Gasteiger partial charge in [-0.25, -0.2) is 0 Å². The smallest absolute Gasteiger partial charge is 0.0355 e. The second-order valence-electron chi connectivity index (χ2n) is 13.6. The monoisotopic (exact) mass is 666 g/mol. The zero-order valence-corrected chi connectivity index (χ0v) is 29.7. The SMILES string of the molecule is C/C=C/c1cc2cc3cc4cc5sc(/C=C/c6ccc7cc8cc9cc(CCCCCC)ccc9cc8cc7c6)cc5cc4cc3cc2s1. The van der Waals surface area contributed by atoms with E-state index in [1.54, 1.807) is 0 Å². The van der Waals surface area contributed by atoms with Gasteiger partial charge in [-0.15, -0.1) is 22.7 Å². The molecule has 0 unspecified atom stereocenters. The van der Waals surface area contributed by atoms with Gasteiger partial charge in [0.15, 0.2) is 0 Å². The minimum absolute atomic E-state index is 1.18. The maximum atomic E-state index is 2.40. The number of allylic oxidation sites excluding steroid dienone is 1. The van der Waals surface area contributed by atoms with Gasteiger partial charge in [-0.1, -0.05) is 68.7 Å². The molecule has 0 atom stereocenters. The van der Waals surface area contributed by atoms with Gasteiger partial charge in [0.2, 0.25) is 0 Å². The highest BCUT2D eigenvalue weighted by Crippen LogP contribution is 2.36. The van der Waals surface area contributed by atoms with Crippen LogP contribution in [0.1, 0.15) is 60.4 Å². The van der Waals surface area contributed by atoms with Crippen molar-refractivity contribution in [1.82, 2.24) is 0 Å². The third-order valence-corrected chi connectivity index (χ3v) is 12.2. The van der Waals surface area contributed by atoms with Gasteiger partial charge < -0.3 is 0 Å². The van der Waals surface area contributed by atoms with Gasteiger partial charge >= 0.3 is 0 Å². The molecule has 0 nitrogen and oxygen atoms in total. The molecule has 49 heavy (non-hydrogen) atoms. The first kappa shape index (κ1) is 30.3. The molecule has 0 radical (unpaired) electrons. The summed E-state index contributed by atoms with van der Waals surface area (Å²) in [6.45, 7) is 4.36. The van der Waals surface area contributed by atoms with Gasteiger partial charge in [-0.2, -0.15) is 0 Å². The first-order valence-corrected chi connectivity index (χ1v) is 19.3. The van der Waals surface area contributed by atoms with E-state index in [9.17, 15) is 0 Å². The Bertz CT molecular complexity index is 2680. The lowest BCUT2D eigenvalue weighted by atomic mass is 9.96. The van der Waals surface area contributed by atoms with Gasteiger partial charge in [0, 0.05) is 19.2 Å². The summed E-state index contributed by atoms with van der Waals surface area (Å²) in [4.78, 5) is 2.59. The zero-order valence-electron chi connectivity index (χ0n) is 28.1. The van der Waals surface area contributed by atoms with E-state index in [0.29, 0.717) is 0 Å². The van der Waals surface area contributed by atoms with E-state index < -0.39 is 0 Å². The van der Waals surface area contributed by atoms with Crippen LogP contribution in [0.4, 0.5) is 0 Å². The molecular weight excluding hydrogens is 629 g/mol. The molecule has 0 saturated carbocycles. The molecule has 0 aliphatic rings. The van der Waals surface area contributed by atoms with Gasteiger partial charge in [0.05, 0.1) is 0 Å². The molecule has 2 heteroatoms. The number of fused-ring (bicyclic) bond motifs is 7. The average Bonchev–Trinajstić information content (AvgIpc) is 3.69. The van der Waals surface area contributed by atoms with Crippen LogP contribution >= 0.6 is 22.7 Å². The number of hydrogen-bond acceptors (Lipinski definition) is 2. The molecule has 9 rings (SSSR count). The minimum Gasteiger partial charge on any atom is -0.136 e. The topological polar surface area (TPSA) is 0 Å². The summed E-state index contributed by atoms with van der Waals surface area (Å²) in [5.41, 5.74) is 2.69. The van der Waals surface area contributed by atoms with Crippen molar-refractivity contribution in [3.63, 3.8) is 0 Å². The van der Waals surface area contributed by atoms with Crippen LogP contribution in [0.5, 0.6) is 0 Å². The molecule has 0 amide bonds. The largest absolute Gasteiger partial charge is 0.136 e. The van der Waals surface area contributed by atoms with E-state index in [2.05, 4.69) is 147 Å². The third-order valence-electron chi connectivity index (χ3n) is 10.0. The van der Waals surface area contributed by atoms with Crippen molar-refractivity contribution in [2.45, 2.75) is 46.0 Å². The molecule has 2 heterocycles. The Hall–Kier alpha value is -4.76. The normalized spacial score (nSPS) is 12.5. The number of rotatable bonds is 8.